The maximum atomic E-state index is 10.3. The van der Waals surface area contributed by atoms with Crippen LogP contribution in [0, 0.1) is 13.8 Å². The van der Waals surface area contributed by atoms with Gasteiger partial charge in [-0.2, -0.15) is 0 Å². The molecule has 0 aliphatic rings. The molecule has 102 valence electrons. The SMILES string of the molecule is Cc1ccc(C(=O)O)s1.Cc1sc(C(=O)O)cc1Cl. The van der Waals surface area contributed by atoms with Gasteiger partial charge in [0.25, 0.3) is 0 Å². The lowest BCUT2D eigenvalue weighted by atomic mass is 10.4. The smallest absolute Gasteiger partial charge is 0.345 e. The van der Waals surface area contributed by atoms with Crippen LogP contribution in [0.2, 0.25) is 5.02 Å². The quantitative estimate of drug-likeness (QED) is 0.871. The normalized spacial score (nSPS) is 9.63. The average molecular weight is 319 g/mol. The van der Waals surface area contributed by atoms with Gasteiger partial charge in [-0.3, -0.25) is 0 Å². The van der Waals surface area contributed by atoms with Gasteiger partial charge in [0.2, 0.25) is 0 Å². The van der Waals surface area contributed by atoms with Crippen molar-refractivity contribution in [2.75, 3.05) is 0 Å². The zero-order valence-corrected chi connectivity index (χ0v) is 12.5. The standard InChI is InChI=1S/C6H5ClO2S.C6H6O2S/c1-3-4(7)2-5(10-3)6(8)9;1-4-2-3-5(9-4)6(7)8/h2H,1H3,(H,8,9);2-3H,1H3,(H,7,8). The number of rotatable bonds is 2. The molecular formula is C12H11ClO4S2. The van der Waals surface area contributed by atoms with Crippen molar-refractivity contribution in [1.29, 1.82) is 0 Å². The molecule has 19 heavy (non-hydrogen) atoms. The van der Waals surface area contributed by atoms with Crippen LogP contribution in [0.5, 0.6) is 0 Å². The molecule has 0 unspecified atom stereocenters. The fraction of sp³-hybridized carbons (Fsp3) is 0.167. The molecule has 0 amide bonds. The lowest BCUT2D eigenvalue weighted by molar-refractivity contribution is 0.0691. The summed E-state index contributed by atoms with van der Waals surface area (Å²) < 4.78 is 0. The van der Waals surface area contributed by atoms with Gasteiger partial charge in [-0.05, 0) is 32.0 Å². The van der Waals surface area contributed by atoms with Crippen molar-refractivity contribution in [3.63, 3.8) is 0 Å². The van der Waals surface area contributed by atoms with E-state index in [1.54, 1.807) is 19.1 Å². The molecule has 2 aromatic heterocycles. The molecule has 0 radical (unpaired) electrons. The Labute approximate surface area is 122 Å². The highest BCUT2D eigenvalue weighted by Gasteiger charge is 2.08. The lowest BCUT2D eigenvalue weighted by Gasteiger charge is -1.80. The molecule has 0 fully saturated rings. The topological polar surface area (TPSA) is 74.6 Å². The zero-order chi connectivity index (χ0) is 14.6. The highest BCUT2D eigenvalue weighted by Crippen LogP contribution is 2.25. The molecule has 0 atom stereocenters. The molecule has 0 aromatic carbocycles. The van der Waals surface area contributed by atoms with Gasteiger partial charge >= 0.3 is 11.9 Å². The van der Waals surface area contributed by atoms with E-state index >= 15 is 0 Å². The largest absolute Gasteiger partial charge is 0.477 e. The summed E-state index contributed by atoms with van der Waals surface area (Å²) in [6.45, 7) is 3.68. The second-order valence-corrected chi connectivity index (χ2v) is 6.49. The average Bonchev–Trinajstić information content (AvgIpc) is 2.88. The van der Waals surface area contributed by atoms with Crippen LogP contribution in [-0.4, -0.2) is 22.2 Å². The fourth-order valence-corrected chi connectivity index (χ4v) is 2.86. The van der Waals surface area contributed by atoms with Crippen LogP contribution in [0.3, 0.4) is 0 Å². The van der Waals surface area contributed by atoms with Crippen molar-refractivity contribution >= 4 is 46.2 Å². The van der Waals surface area contributed by atoms with E-state index in [0.717, 1.165) is 9.75 Å². The highest BCUT2D eigenvalue weighted by atomic mass is 35.5. The van der Waals surface area contributed by atoms with Gasteiger partial charge in [0.1, 0.15) is 9.75 Å². The number of thiophene rings is 2. The summed E-state index contributed by atoms with van der Waals surface area (Å²) in [5.41, 5.74) is 0. The van der Waals surface area contributed by atoms with E-state index in [1.165, 1.54) is 28.7 Å². The number of aromatic carboxylic acids is 2. The van der Waals surface area contributed by atoms with Crippen molar-refractivity contribution in [3.8, 4) is 0 Å². The Morgan fingerprint density at radius 2 is 1.63 bits per heavy atom. The van der Waals surface area contributed by atoms with Crippen molar-refractivity contribution in [3.05, 3.63) is 42.7 Å². The molecule has 2 heterocycles. The summed E-state index contributed by atoms with van der Waals surface area (Å²) in [4.78, 5) is 23.1. The molecule has 0 spiro atoms. The number of halogens is 1. The number of carboxylic acids is 2. The highest BCUT2D eigenvalue weighted by molar-refractivity contribution is 7.14. The minimum absolute atomic E-state index is 0.294. The molecule has 0 aliphatic carbocycles. The third-order valence-corrected chi connectivity index (χ3v) is 4.55. The van der Waals surface area contributed by atoms with E-state index < -0.39 is 11.9 Å². The molecule has 7 heteroatoms. The number of hydrogen-bond donors (Lipinski definition) is 2. The van der Waals surface area contributed by atoms with Crippen molar-refractivity contribution < 1.29 is 19.8 Å². The van der Waals surface area contributed by atoms with E-state index in [2.05, 4.69) is 0 Å². The summed E-state index contributed by atoms with van der Waals surface area (Å²) in [7, 11) is 0. The van der Waals surface area contributed by atoms with Crippen LogP contribution in [0.1, 0.15) is 29.1 Å². The van der Waals surface area contributed by atoms with Crippen LogP contribution in [0.15, 0.2) is 18.2 Å². The zero-order valence-electron chi connectivity index (χ0n) is 10.1. The molecule has 4 nitrogen and oxygen atoms in total. The van der Waals surface area contributed by atoms with Crippen molar-refractivity contribution in [1.82, 2.24) is 0 Å². The van der Waals surface area contributed by atoms with E-state index in [4.69, 9.17) is 21.8 Å². The number of carboxylic acid groups (broad SMARTS) is 2. The van der Waals surface area contributed by atoms with Crippen LogP contribution in [0.4, 0.5) is 0 Å². The third kappa shape index (κ3) is 4.66. The van der Waals surface area contributed by atoms with Crippen molar-refractivity contribution in [2.45, 2.75) is 13.8 Å². The van der Waals surface area contributed by atoms with Gasteiger partial charge in [-0.25, -0.2) is 9.59 Å². The Morgan fingerprint density at radius 3 is 1.84 bits per heavy atom. The third-order valence-electron chi connectivity index (χ3n) is 2.02. The first-order valence-electron chi connectivity index (χ1n) is 5.10. The summed E-state index contributed by atoms with van der Waals surface area (Å²) in [6.07, 6.45) is 0. The van der Waals surface area contributed by atoms with E-state index in [0.29, 0.717) is 14.8 Å². The van der Waals surface area contributed by atoms with Gasteiger partial charge in [0, 0.05) is 9.75 Å². The lowest BCUT2D eigenvalue weighted by Crippen LogP contribution is -1.89. The van der Waals surface area contributed by atoms with Crippen molar-refractivity contribution in [2.24, 2.45) is 0 Å². The Kier molecular flexibility index (Phi) is 5.53. The van der Waals surface area contributed by atoms with Gasteiger partial charge in [-0.15, -0.1) is 22.7 Å². The maximum Gasteiger partial charge on any atom is 0.345 e. The number of aryl methyl sites for hydroxylation is 2. The second-order valence-electron chi connectivity index (χ2n) is 3.54. The first-order valence-corrected chi connectivity index (χ1v) is 7.11. The fourth-order valence-electron chi connectivity index (χ4n) is 1.11. The van der Waals surface area contributed by atoms with Gasteiger partial charge in [0.05, 0.1) is 5.02 Å². The van der Waals surface area contributed by atoms with Crippen LogP contribution >= 0.6 is 34.3 Å². The Bertz CT molecular complexity index is 581. The minimum Gasteiger partial charge on any atom is -0.477 e. The summed E-state index contributed by atoms with van der Waals surface area (Å²) >= 11 is 8.11. The second kappa shape index (κ2) is 6.70. The van der Waals surface area contributed by atoms with Crippen LogP contribution in [-0.2, 0) is 0 Å². The molecule has 0 saturated carbocycles. The Morgan fingerprint density at radius 1 is 1.05 bits per heavy atom. The molecule has 2 aromatic rings. The molecule has 0 aliphatic heterocycles. The first-order chi connectivity index (χ1) is 8.81. The molecular weight excluding hydrogens is 308 g/mol. The number of carbonyl (C=O) groups is 2. The summed E-state index contributed by atoms with van der Waals surface area (Å²) in [5.74, 6) is -1.76. The van der Waals surface area contributed by atoms with E-state index in [9.17, 15) is 9.59 Å². The first kappa shape index (κ1) is 15.7. The summed E-state index contributed by atoms with van der Waals surface area (Å²) in [6, 6.07) is 4.88. The van der Waals surface area contributed by atoms with Gasteiger partial charge < -0.3 is 10.2 Å². The predicted molar refractivity (Wildman–Crippen MR) is 77.0 cm³/mol. The molecule has 2 rings (SSSR count). The van der Waals surface area contributed by atoms with Gasteiger partial charge in [-0.1, -0.05) is 11.6 Å². The van der Waals surface area contributed by atoms with E-state index in [-0.39, 0.29) is 0 Å². The van der Waals surface area contributed by atoms with Gasteiger partial charge in [0.15, 0.2) is 0 Å². The van der Waals surface area contributed by atoms with E-state index in [1.807, 2.05) is 6.92 Å². The van der Waals surface area contributed by atoms with Crippen LogP contribution < -0.4 is 0 Å². The molecule has 2 N–H and O–H groups in total. The van der Waals surface area contributed by atoms with Crippen LogP contribution in [0.25, 0.3) is 0 Å². The maximum absolute atomic E-state index is 10.3. The minimum atomic E-state index is -0.917. The Balaban J connectivity index is 0.000000191. The number of hydrogen-bond acceptors (Lipinski definition) is 4. The molecule has 0 saturated heterocycles. The Hall–Kier alpha value is -1.37. The monoisotopic (exact) mass is 318 g/mol. The molecule has 0 bridgehead atoms. The summed E-state index contributed by atoms with van der Waals surface area (Å²) in [5, 5.41) is 17.4. The predicted octanol–water partition coefficient (Wildman–Crippen LogP) is 4.16.